The summed E-state index contributed by atoms with van der Waals surface area (Å²) in [4.78, 5) is 0. The third kappa shape index (κ3) is 5.47. The first-order chi connectivity index (χ1) is 10.8. The van der Waals surface area contributed by atoms with Crippen LogP contribution in [0.2, 0.25) is 0 Å². The molecule has 5 heteroatoms. The minimum Gasteiger partial charge on any atom is -0.597 e. The van der Waals surface area contributed by atoms with Gasteiger partial charge in [-0.05, 0) is 39.2 Å². The van der Waals surface area contributed by atoms with E-state index < -0.39 is 17.7 Å². The number of ether oxygens (including phenoxy) is 1. The summed E-state index contributed by atoms with van der Waals surface area (Å²) in [5, 5.41) is 9.93. The summed E-state index contributed by atoms with van der Waals surface area (Å²) in [6, 6.07) is 10.1. The van der Waals surface area contributed by atoms with Crippen molar-refractivity contribution in [3.63, 3.8) is 0 Å². The van der Waals surface area contributed by atoms with E-state index in [9.17, 15) is 9.66 Å². The molecule has 1 aliphatic heterocycles. The summed E-state index contributed by atoms with van der Waals surface area (Å²) >= 11 is -1.13. The van der Waals surface area contributed by atoms with Crippen LogP contribution in [0.15, 0.2) is 30.3 Å². The molecule has 1 N–H and O–H groups in total. The number of hydrogen-bond acceptors (Lipinski definition) is 4. The summed E-state index contributed by atoms with van der Waals surface area (Å²) in [7, 11) is 0. The van der Waals surface area contributed by atoms with Crippen LogP contribution in [-0.2, 0) is 22.6 Å². The Balaban J connectivity index is 2.07. The lowest BCUT2D eigenvalue weighted by Gasteiger charge is -2.37. The zero-order valence-corrected chi connectivity index (χ0v) is 15.4. The smallest absolute Gasteiger partial charge is 0.157 e. The first kappa shape index (κ1) is 18.7. The third-order valence-corrected chi connectivity index (χ3v) is 5.92. The molecule has 130 valence electrons. The fourth-order valence-electron chi connectivity index (χ4n) is 2.72. The zero-order valence-electron chi connectivity index (χ0n) is 14.6. The molecule has 0 radical (unpaired) electrons. The van der Waals surface area contributed by atoms with E-state index in [2.05, 4.69) is 0 Å². The van der Waals surface area contributed by atoms with Crippen LogP contribution in [0.3, 0.4) is 0 Å². The first-order valence-corrected chi connectivity index (χ1v) is 9.42. The predicted octanol–water partition coefficient (Wildman–Crippen LogP) is 3.08. The molecule has 0 aliphatic carbocycles. The molecule has 1 aromatic carbocycles. The normalized spacial score (nSPS) is 27.2. The van der Waals surface area contributed by atoms with Gasteiger partial charge in [-0.25, -0.2) is 0 Å². The standard InChI is InChI=1S/C18H29NO3S/c1-14-10-11-16(22-17(14)20)13-19(23(21)18(2,3)4)12-15-8-6-5-7-9-15/h5-9,14,16-17,20H,10-13H2,1-4H3. The van der Waals surface area contributed by atoms with Crippen LogP contribution in [0.1, 0.15) is 46.1 Å². The quantitative estimate of drug-likeness (QED) is 0.838. The van der Waals surface area contributed by atoms with Gasteiger partial charge in [0.15, 0.2) is 6.29 Å². The van der Waals surface area contributed by atoms with Gasteiger partial charge in [-0.2, -0.15) is 0 Å². The van der Waals surface area contributed by atoms with Crippen molar-refractivity contribution in [3.8, 4) is 0 Å². The largest absolute Gasteiger partial charge is 0.597 e. The maximum absolute atomic E-state index is 12.9. The van der Waals surface area contributed by atoms with Crippen molar-refractivity contribution >= 4 is 11.4 Å². The highest BCUT2D eigenvalue weighted by Crippen LogP contribution is 2.27. The van der Waals surface area contributed by atoms with Gasteiger partial charge >= 0.3 is 0 Å². The van der Waals surface area contributed by atoms with E-state index in [1.165, 1.54) is 0 Å². The monoisotopic (exact) mass is 339 g/mol. The molecule has 0 saturated carbocycles. The maximum atomic E-state index is 12.9. The molecule has 0 amide bonds. The molecule has 4 nitrogen and oxygen atoms in total. The minimum atomic E-state index is -1.13. The topological polar surface area (TPSA) is 55.8 Å². The molecule has 0 bridgehead atoms. The van der Waals surface area contributed by atoms with Gasteiger partial charge in [0.1, 0.15) is 4.75 Å². The van der Waals surface area contributed by atoms with E-state index in [1.54, 1.807) is 0 Å². The highest BCUT2D eigenvalue weighted by Gasteiger charge is 2.36. The Labute approximate surface area is 143 Å². The van der Waals surface area contributed by atoms with E-state index in [-0.39, 0.29) is 16.8 Å². The number of nitrogens with zero attached hydrogens (tertiary/aromatic N) is 1. The average molecular weight is 340 g/mol. The molecule has 0 aromatic heterocycles. The molecule has 1 aliphatic rings. The van der Waals surface area contributed by atoms with Gasteiger partial charge in [-0.3, -0.25) is 0 Å². The van der Waals surface area contributed by atoms with Crippen LogP contribution in [0.5, 0.6) is 0 Å². The second kappa shape index (κ2) is 7.99. The summed E-state index contributed by atoms with van der Waals surface area (Å²) in [6.07, 6.45) is 1.05. The summed E-state index contributed by atoms with van der Waals surface area (Å²) in [6.45, 7) is 9.15. The molecule has 1 aromatic rings. The van der Waals surface area contributed by atoms with Crippen molar-refractivity contribution in [3.05, 3.63) is 35.9 Å². The Kier molecular flexibility index (Phi) is 6.51. The highest BCUT2D eigenvalue weighted by atomic mass is 32.2. The summed E-state index contributed by atoms with van der Waals surface area (Å²) in [5.41, 5.74) is 1.13. The molecule has 2 rings (SSSR count). The Morgan fingerprint density at radius 2 is 1.91 bits per heavy atom. The van der Waals surface area contributed by atoms with Crippen LogP contribution in [0.25, 0.3) is 0 Å². The Morgan fingerprint density at radius 3 is 2.48 bits per heavy atom. The van der Waals surface area contributed by atoms with Gasteiger partial charge in [-0.15, -0.1) is 4.31 Å². The van der Waals surface area contributed by atoms with Gasteiger partial charge in [0.2, 0.25) is 0 Å². The predicted molar refractivity (Wildman–Crippen MR) is 94.0 cm³/mol. The maximum Gasteiger partial charge on any atom is 0.157 e. The van der Waals surface area contributed by atoms with Gasteiger partial charge in [-0.1, -0.05) is 37.3 Å². The fourth-order valence-corrected chi connectivity index (χ4v) is 4.06. The number of benzene rings is 1. The Bertz CT molecular complexity index is 477. The van der Waals surface area contributed by atoms with Crippen LogP contribution in [0.4, 0.5) is 0 Å². The molecule has 23 heavy (non-hydrogen) atoms. The molecular weight excluding hydrogens is 310 g/mol. The molecule has 1 saturated heterocycles. The highest BCUT2D eigenvalue weighted by molar-refractivity contribution is 7.90. The number of hydrogen-bond donors (Lipinski definition) is 1. The van der Waals surface area contributed by atoms with E-state index in [4.69, 9.17) is 4.74 Å². The number of aliphatic hydroxyl groups is 1. The van der Waals surface area contributed by atoms with E-state index >= 15 is 0 Å². The third-order valence-electron chi connectivity index (χ3n) is 4.13. The van der Waals surface area contributed by atoms with Gasteiger partial charge < -0.3 is 14.4 Å². The van der Waals surface area contributed by atoms with Crippen LogP contribution in [-0.4, -0.2) is 37.7 Å². The number of aliphatic hydroxyl groups excluding tert-OH is 1. The zero-order chi connectivity index (χ0) is 17.0. The van der Waals surface area contributed by atoms with Crippen molar-refractivity contribution < 1.29 is 14.4 Å². The molecule has 4 unspecified atom stereocenters. The Hall–Kier alpha value is -0.590. The van der Waals surface area contributed by atoms with Crippen LogP contribution in [0, 0.1) is 5.92 Å². The molecule has 1 fully saturated rings. The van der Waals surface area contributed by atoms with Gasteiger partial charge in [0.25, 0.3) is 0 Å². The van der Waals surface area contributed by atoms with E-state index in [0.717, 1.165) is 18.4 Å². The second-order valence-corrected chi connectivity index (χ2v) is 9.61. The SMILES string of the molecule is CC1CCC(CN(Cc2ccccc2)[S+]([O-])C(C)(C)C)OC1O. The number of rotatable bonds is 5. The summed E-state index contributed by atoms with van der Waals surface area (Å²) in [5.74, 6) is 0.168. The van der Waals surface area contributed by atoms with E-state index in [0.29, 0.717) is 13.1 Å². The molecule has 1 heterocycles. The van der Waals surface area contributed by atoms with Gasteiger partial charge in [0, 0.05) is 17.3 Å². The fraction of sp³-hybridized carbons (Fsp3) is 0.667. The van der Waals surface area contributed by atoms with Crippen LogP contribution < -0.4 is 0 Å². The van der Waals surface area contributed by atoms with Crippen molar-refractivity contribution in [2.75, 3.05) is 6.54 Å². The first-order valence-electron chi connectivity index (χ1n) is 8.32. The van der Waals surface area contributed by atoms with Crippen molar-refractivity contribution in [1.82, 2.24) is 4.31 Å². The molecule has 0 spiro atoms. The lowest BCUT2D eigenvalue weighted by atomic mass is 9.99. The lowest BCUT2D eigenvalue weighted by molar-refractivity contribution is -0.190. The van der Waals surface area contributed by atoms with Crippen LogP contribution >= 0.6 is 0 Å². The molecular formula is C18H29NO3S. The van der Waals surface area contributed by atoms with E-state index in [1.807, 2.05) is 62.3 Å². The van der Waals surface area contributed by atoms with Crippen molar-refractivity contribution in [2.45, 2.75) is 64.2 Å². The lowest BCUT2D eigenvalue weighted by Crippen LogP contribution is -2.48. The Morgan fingerprint density at radius 1 is 1.26 bits per heavy atom. The average Bonchev–Trinajstić information content (AvgIpc) is 2.49. The van der Waals surface area contributed by atoms with Crippen molar-refractivity contribution in [2.24, 2.45) is 5.92 Å². The minimum absolute atomic E-state index is 0.0730. The van der Waals surface area contributed by atoms with Crippen molar-refractivity contribution in [1.29, 1.82) is 0 Å². The van der Waals surface area contributed by atoms with Gasteiger partial charge in [0.05, 0.1) is 19.2 Å². The molecule has 4 atom stereocenters. The second-order valence-electron chi connectivity index (χ2n) is 7.37. The summed E-state index contributed by atoms with van der Waals surface area (Å²) < 4.78 is 20.3.